The lowest BCUT2D eigenvalue weighted by Gasteiger charge is -2.14. The molecule has 1 fully saturated rings. The van der Waals surface area contributed by atoms with Crippen molar-refractivity contribution in [3.05, 3.63) is 0 Å². The van der Waals surface area contributed by atoms with E-state index >= 15 is 0 Å². The van der Waals surface area contributed by atoms with Crippen molar-refractivity contribution < 1.29 is 13.0 Å². The molecule has 0 spiro atoms. The van der Waals surface area contributed by atoms with E-state index in [0.717, 1.165) is 5.92 Å². The van der Waals surface area contributed by atoms with Crippen LogP contribution >= 0.6 is 0 Å². The summed E-state index contributed by atoms with van der Waals surface area (Å²) < 4.78 is 25.9. The minimum absolute atomic E-state index is 0.715. The third-order valence-electron chi connectivity index (χ3n) is 3.59. The summed E-state index contributed by atoms with van der Waals surface area (Å²) in [7, 11) is -3.67. The molecule has 1 saturated heterocycles. The summed E-state index contributed by atoms with van der Waals surface area (Å²) in [6.07, 6.45) is 12.2. The first-order valence-corrected chi connectivity index (χ1v) is 9.82. The van der Waals surface area contributed by atoms with E-state index in [-0.39, 0.29) is 0 Å². The Bertz CT molecular complexity index is 309. The average Bonchev–Trinajstić information content (AvgIpc) is 2.72. The van der Waals surface area contributed by atoms with Gasteiger partial charge in [0.2, 0.25) is 0 Å². The highest BCUT2D eigenvalue weighted by Gasteiger charge is 2.17. The fraction of sp³-hybridized carbons (Fsp3) is 1.00. The molecule has 20 heavy (non-hydrogen) atoms. The second-order valence-electron chi connectivity index (χ2n) is 6.05. The number of likely N-dealkylation sites (tertiary alicyclic amines) is 1. The van der Waals surface area contributed by atoms with Crippen molar-refractivity contribution >= 4 is 10.1 Å². The van der Waals surface area contributed by atoms with E-state index in [1.807, 2.05) is 0 Å². The van der Waals surface area contributed by atoms with Crippen LogP contribution in [0.4, 0.5) is 0 Å². The first kappa shape index (κ1) is 19.9. The molecule has 122 valence electrons. The molecule has 1 unspecified atom stereocenters. The van der Waals surface area contributed by atoms with Crippen molar-refractivity contribution in [2.24, 2.45) is 5.92 Å². The second kappa shape index (κ2) is 11.5. The molecule has 1 heterocycles. The third kappa shape index (κ3) is 15.9. The van der Waals surface area contributed by atoms with Crippen molar-refractivity contribution in [2.45, 2.75) is 65.2 Å². The number of hydrogen-bond donors (Lipinski definition) is 1. The fourth-order valence-electron chi connectivity index (χ4n) is 2.52. The van der Waals surface area contributed by atoms with E-state index in [2.05, 4.69) is 18.7 Å². The van der Waals surface area contributed by atoms with Gasteiger partial charge in [-0.3, -0.25) is 4.55 Å². The quantitative estimate of drug-likeness (QED) is 0.550. The Hall–Kier alpha value is -0.130. The van der Waals surface area contributed by atoms with Crippen LogP contribution in [-0.2, 0) is 10.1 Å². The van der Waals surface area contributed by atoms with Crippen molar-refractivity contribution in [1.82, 2.24) is 4.90 Å². The number of unbranched alkanes of at least 4 members (excludes halogenated alkanes) is 6. The topological polar surface area (TPSA) is 57.6 Å². The summed E-state index contributed by atoms with van der Waals surface area (Å²) in [4.78, 5) is 2.65. The van der Waals surface area contributed by atoms with Crippen LogP contribution in [0.3, 0.4) is 0 Å². The van der Waals surface area contributed by atoms with Crippen molar-refractivity contribution in [3.8, 4) is 0 Å². The molecule has 1 aliphatic rings. The molecule has 0 aliphatic carbocycles. The Morgan fingerprint density at radius 3 is 2.05 bits per heavy atom. The zero-order chi connectivity index (χ0) is 15.4. The molecule has 0 aromatic heterocycles. The summed E-state index contributed by atoms with van der Waals surface area (Å²) in [5, 5.41) is 0. The van der Waals surface area contributed by atoms with Gasteiger partial charge in [-0.25, -0.2) is 0 Å². The summed E-state index contributed by atoms with van der Waals surface area (Å²) in [6.45, 7) is 8.74. The predicted molar refractivity (Wildman–Crippen MR) is 85.7 cm³/mol. The van der Waals surface area contributed by atoms with Crippen molar-refractivity contribution in [3.63, 3.8) is 0 Å². The second-order valence-corrected chi connectivity index (χ2v) is 7.51. The number of rotatable bonds is 8. The van der Waals surface area contributed by atoms with E-state index in [0.29, 0.717) is 6.26 Å². The number of nitrogens with zero attached hydrogens (tertiary/aromatic N) is 1. The van der Waals surface area contributed by atoms with E-state index in [1.54, 1.807) is 0 Å². The van der Waals surface area contributed by atoms with Crippen LogP contribution in [-0.4, -0.2) is 43.8 Å². The monoisotopic (exact) mass is 307 g/mol. The van der Waals surface area contributed by atoms with Gasteiger partial charge in [-0.1, -0.05) is 52.4 Å². The molecule has 5 heteroatoms. The minimum Gasteiger partial charge on any atom is -0.303 e. The van der Waals surface area contributed by atoms with Gasteiger partial charge in [-0.15, -0.1) is 0 Å². The lowest BCUT2D eigenvalue weighted by molar-refractivity contribution is 0.317. The molecular formula is C15H33NO3S. The average molecular weight is 308 g/mol. The highest BCUT2D eigenvalue weighted by Crippen LogP contribution is 2.16. The predicted octanol–water partition coefficient (Wildman–Crippen LogP) is 3.58. The zero-order valence-electron chi connectivity index (χ0n) is 13.5. The van der Waals surface area contributed by atoms with Crippen molar-refractivity contribution in [1.29, 1.82) is 0 Å². The largest absolute Gasteiger partial charge is 0.303 e. The standard InChI is InChI=1S/C14H29N.CH4O3S/c1-3-4-5-6-7-8-9-11-15-12-10-14(2)13-15;1-5(2,3)4/h14H,3-13H2,1-2H3;1H3,(H,2,3,4). The van der Waals surface area contributed by atoms with Gasteiger partial charge < -0.3 is 4.90 Å². The Labute approximate surface area is 125 Å². The van der Waals surface area contributed by atoms with Gasteiger partial charge in [0.1, 0.15) is 0 Å². The highest BCUT2D eigenvalue weighted by atomic mass is 32.2. The molecule has 1 aliphatic heterocycles. The molecule has 0 saturated carbocycles. The highest BCUT2D eigenvalue weighted by molar-refractivity contribution is 7.85. The first-order chi connectivity index (χ1) is 9.33. The minimum atomic E-state index is -3.67. The van der Waals surface area contributed by atoms with Crippen LogP contribution in [0.25, 0.3) is 0 Å². The maximum atomic E-state index is 9.19. The fourth-order valence-corrected chi connectivity index (χ4v) is 2.52. The van der Waals surface area contributed by atoms with E-state index in [1.165, 1.54) is 71.0 Å². The summed E-state index contributed by atoms with van der Waals surface area (Å²) in [5.41, 5.74) is 0. The zero-order valence-corrected chi connectivity index (χ0v) is 14.3. The summed E-state index contributed by atoms with van der Waals surface area (Å²) in [6, 6.07) is 0. The summed E-state index contributed by atoms with van der Waals surface area (Å²) >= 11 is 0. The van der Waals surface area contributed by atoms with Gasteiger partial charge >= 0.3 is 0 Å². The van der Waals surface area contributed by atoms with Gasteiger partial charge in [0, 0.05) is 6.54 Å². The molecule has 4 nitrogen and oxygen atoms in total. The van der Waals surface area contributed by atoms with Crippen LogP contribution in [0.5, 0.6) is 0 Å². The van der Waals surface area contributed by atoms with Crippen LogP contribution in [0, 0.1) is 5.92 Å². The molecular weight excluding hydrogens is 274 g/mol. The lowest BCUT2D eigenvalue weighted by Crippen LogP contribution is -2.21. The van der Waals surface area contributed by atoms with Gasteiger partial charge in [-0.2, -0.15) is 8.42 Å². The SMILES string of the molecule is CCCCCCCCCN1CCC(C)C1.CS(=O)(=O)O. The van der Waals surface area contributed by atoms with E-state index in [4.69, 9.17) is 4.55 Å². The Morgan fingerprint density at radius 2 is 1.60 bits per heavy atom. The molecule has 0 bridgehead atoms. The summed E-state index contributed by atoms with van der Waals surface area (Å²) in [5.74, 6) is 0.953. The number of hydrogen-bond acceptors (Lipinski definition) is 3. The van der Waals surface area contributed by atoms with Gasteiger partial charge in [0.05, 0.1) is 6.26 Å². The van der Waals surface area contributed by atoms with E-state index < -0.39 is 10.1 Å². The Morgan fingerprint density at radius 1 is 1.10 bits per heavy atom. The van der Waals surface area contributed by atoms with E-state index in [9.17, 15) is 8.42 Å². The molecule has 0 amide bonds. The Balaban J connectivity index is 0.000000621. The van der Waals surface area contributed by atoms with Gasteiger partial charge in [0.15, 0.2) is 0 Å². The molecule has 0 radical (unpaired) electrons. The van der Waals surface area contributed by atoms with Crippen LogP contribution < -0.4 is 0 Å². The lowest BCUT2D eigenvalue weighted by atomic mass is 10.1. The molecule has 1 rings (SSSR count). The normalized spacial score (nSPS) is 19.7. The smallest absolute Gasteiger partial charge is 0.261 e. The molecule has 1 atom stereocenters. The maximum absolute atomic E-state index is 9.19. The first-order valence-electron chi connectivity index (χ1n) is 7.97. The molecule has 0 aromatic carbocycles. The van der Waals surface area contributed by atoms with Crippen molar-refractivity contribution in [2.75, 3.05) is 25.9 Å². The van der Waals surface area contributed by atoms with Gasteiger partial charge in [0.25, 0.3) is 10.1 Å². The van der Waals surface area contributed by atoms with Crippen LogP contribution in [0.15, 0.2) is 0 Å². The third-order valence-corrected chi connectivity index (χ3v) is 3.59. The Kier molecular flexibility index (Phi) is 11.4. The van der Waals surface area contributed by atoms with Crippen LogP contribution in [0.1, 0.15) is 65.2 Å². The van der Waals surface area contributed by atoms with Crippen LogP contribution in [0.2, 0.25) is 0 Å². The maximum Gasteiger partial charge on any atom is 0.261 e. The molecule has 1 N–H and O–H groups in total. The van der Waals surface area contributed by atoms with Gasteiger partial charge in [-0.05, 0) is 31.8 Å². The molecule has 0 aromatic rings.